The number of hydrogen-bond donors (Lipinski definition) is 1. The van der Waals surface area contributed by atoms with Gasteiger partial charge in [-0.1, -0.05) is 49.3 Å². The van der Waals surface area contributed by atoms with Crippen LogP contribution in [0.15, 0.2) is 24.4 Å². The highest BCUT2D eigenvalue weighted by atomic mass is 127. The lowest BCUT2D eigenvalue weighted by Crippen LogP contribution is -2.48. The molecule has 1 fully saturated rings. The Bertz CT molecular complexity index is 783. The van der Waals surface area contributed by atoms with E-state index in [-0.39, 0.29) is 34.9 Å². The van der Waals surface area contributed by atoms with E-state index in [4.69, 9.17) is 9.84 Å². The van der Waals surface area contributed by atoms with Gasteiger partial charge < -0.3 is 9.84 Å². The van der Waals surface area contributed by atoms with Gasteiger partial charge in [0, 0.05) is 25.4 Å². The summed E-state index contributed by atoms with van der Waals surface area (Å²) in [7, 11) is 0. The second-order valence-corrected chi connectivity index (χ2v) is 10.2. The summed E-state index contributed by atoms with van der Waals surface area (Å²) in [5, 5.41) is 8.81. The van der Waals surface area contributed by atoms with E-state index in [9.17, 15) is 9.59 Å². The molecule has 1 aromatic rings. The smallest absolute Gasteiger partial charge is 0.416 e. The highest BCUT2D eigenvalue weighted by molar-refractivity contribution is 14.1. The third-order valence-corrected chi connectivity index (χ3v) is 7.00. The summed E-state index contributed by atoms with van der Waals surface area (Å²) >= 11 is 2.43. The fourth-order valence-corrected chi connectivity index (χ4v) is 4.83. The van der Waals surface area contributed by atoms with Gasteiger partial charge in [-0.15, -0.1) is 24.8 Å². The Labute approximate surface area is 223 Å². The average Bonchev–Trinajstić information content (AvgIpc) is 3.04. The van der Waals surface area contributed by atoms with Gasteiger partial charge in [0.05, 0.1) is 10.1 Å². The highest BCUT2D eigenvalue weighted by Gasteiger charge is 2.41. The molecule has 1 amide bonds. The van der Waals surface area contributed by atoms with E-state index in [1.807, 2.05) is 20.8 Å². The number of carbonyl (C=O) groups excluding carboxylic acids is 1. The van der Waals surface area contributed by atoms with Gasteiger partial charge in [0.1, 0.15) is 11.4 Å². The standard InChI is InChI=1S/C23H34IN3O4.2ClH/c1-6-16(7-2)15-26-13-12-18(21(26)24)27(22(30)31-23(3,4)5)19-10-8-17(14-25-19)9-11-20(28)29;;/h8-11,14,16,18,21H,6-7,12-13,15H2,1-5H3,(H,28,29);2*1H/t18-,21?;;/m1../s1. The number of carboxylic acids is 1. The normalized spacial score (nSPS) is 18.6. The van der Waals surface area contributed by atoms with Gasteiger partial charge in [0.2, 0.25) is 0 Å². The van der Waals surface area contributed by atoms with Gasteiger partial charge in [-0.2, -0.15) is 0 Å². The van der Waals surface area contributed by atoms with Gasteiger partial charge in [-0.05, 0) is 56.9 Å². The minimum absolute atomic E-state index is 0. The number of pyridine rings is 1. The monoisotopic (exact) mass is 615 g/mol. The molecule has 10 heteroatoms. The van der Waals surface area contributed by atoms with E-state index in [0.717, 1.165) is 38.4 Å². The van der Waals surface area contributed by atoms with E-state index < -0.39 is 17.7 Å². The van der Waals surface area contributed by atoms with E-state index >= 15 is 0 Å². The number of likely N-dealkylation sites (tertiary alicyclic amines) is 1. The van der Waals surface area contributed by atoms with Crippen LogP contribution < -0.4 is 4.90 Å². The van der Waals surface area contributed by atoms with Crippen LogP contribution in [0.4, 0.5) is 10.6 Å². The number of halogens is 3. The third kappa shape index (κ3) is 9.58. The van der Waals surface area contributed by atoms with Crippen molar-refractivity contribution in [2.75, 3.05) is 18.0 Å². The molecule has 0 aromatic carbocycles. The molecular formula is C23H36Cl2IN3O4. The Morgan fingerprint density at radius 2 is 1.94 bits per heavy atom. The van der Waals surface area contributed by atoms with Crippen LogP contribution >= 0.6 is 47.4 Å². The van der Waals surface area contributed by atoms with Crippen LogP contribution in [0.3, 0.4) is 0 Å². The largest absolute Gasteiger partial charge is 0.478 e. The van der Waals surface area contributed by atoms with Gasteiger partial charge in [0.25, 0.3) is 0 Å². The Balaban J connectivity index is 0.00000512. The number of anilines is 1. The lowest BCUT2D eigenvalue weighted by molar-refractivity contribution is -0.131. The van der Waals surface area contributed by atoms with Crippen LogP contribution in [-0.2, 0) is 9.53 Å². The molecule has 0 saturated carbocycles. The van der Waals surface area contributed by atoms with E-state index in [0.29, 0.717) is 17.3 Å². The summed E-state index contributed by atoms with van der Waals surface area (Å²) in [6.45, 7) is 11.9. The molecule has 2 rings (SSSR count). The maximum atomic E-state index is 13.2. The van der Waals surface area contributed by atoms with E-state index in [2.05, 4.69) is 46.3 Å². The Morgan fingerprint density at radius 3 is 2.42 bits per heavy atom. The minimum atomic E-state index is -1.02. The Morgan fingerprint density at radius 1 is 1.30 bits per heavy atom. The number of hydrogen-bond acceptors (Lipinski definition) is 5. The van der Waals surface area contributed by atoms with E-state index in [1.165, 1.54) is 6.08 Å². The molecule has 1 aliphatic heterocycles. The lowest BCUT2D eigenvalue weighted by atomic mass is 10.0. The summed E-state index contributed by atoms with van der Waals surface area (Å²) < 4.78 is 5.87. The number of alkyl halides is 1. The zero-order valence-corrected chi connectivity index (χ0v) is 23.7. The minimum Gasteiger partial charge on any atom is -0.478 e. The van der Waals surface area contributed by atoms with Crippen molar-refractivity contribution in [3.8, 4) is 0 Å². The lowest BCUT2D eigenvalue weighted by Gasteiger charge is -2.34. The number of nitrogens with zero attached hydrogens (tertiary/aromatic N) is 3. The van der Waals surface area contributed by atoms with Crippen molar-refractivity contribution in [3.63, 3.8) is 0 Å². The van der Waals surface area contributed by atoms with Crippen LogP contribution in [0, 0.1) is 5.92 Å². The van der Waals surface area contributed by atoms with Gasteiger partial charge >= 0.3 is 12.1 Å². The molecule has 0 bridgehead atoms. The van der Waals surface area contributed by atoms with Crippen LogP contribution in [0.5, 0.6) is 0 Å². The number of ether oxygens (including phenoxy) is 1. The van der Waals surface area contributed by atoms with Crippen LogP contribution in [-0.4, -0.2) is 55.8 Å². The second-order valence-electron chi connectivity index (χ2n) is 8.88. The zero-order valence-electron chi connectivity index (χ0n) is 19.9. The Hall–Kier alpha value is -1.10. The highest BCUT2D eigenvalue weighted by Crippen LogP contribution is 2.33. The SMILES string of the molecule is CCC(CC)CN1CC[C@@H](N(C(=O)OC(C)(C)C)c2ccc(C=CC(=O)O)cn2)C1I.Cl.Cl. The van der Waals surface area contributed by atoms with Crippen molar-refractivity contribution < 1.29 is 19.4 Å². The third-order valence-electron chi connectivity index (χ3n) is 5.38. The first-order chi connectivity index (χ1) is 14.6. The van der Waals surface area contributed by atoms with Crippen molar-refractivity contribution in [3.05, 3.63) is 30.0 Å². The van der Waals surface area contributed by atoms with Crippen molar-refractivity contribution >= 4 is 71.4 Å². The van der Waals surface area contributed by atoms with Crippen molar-refractivity contribution in [1.29, 1.82) is 0 Å². The number of amides is 1. The van der Waals surface area contributed by atoms with Crippen molar-refractivity contribution in [2.24, 2.45) is 5.92 Å². The summed E-state index contributed by atoms with van der Waals surface area (Å²) in [6.07, 6.45) is 6.83. The van der Waals surface area contributed by atoms with Crippen molar-refractivity contribution in [2.45, 2.75) is 69.6 Å². The number of carbonyl (C=O) groups is 2. The van der Waals surface area contributed by atoms with Crippen LogP contribution in [0.25, 0.3) is 6.08 Å². The fraction of sp³-hybridized carbons (Fsp3) is 0.609. The van der Waals surface area contributed by atoms with Crippen molar-refractivity contribution in [1.82, 2.24) is 9.88 Å². The number of rotatable bonds is 8. The number of carboxylic acid groups (broad SMARTS) is 1. The fourth-order valence-electron chi connectivity index (χ4n) is 3.64. The van der Waals surface area contributed by atoms with Gasteiger partial charge in [0.15, 0.2) is 0 Å². The van der Waals surface area contributed by atoms with Gasteiger partial charge in [-0.3, -0.25) is 9.80 Å². The molecule has 7 nitrogen and oxygen atoms in total. The molecular weight excluding hydrogens is 580 g/mol. The molecule has 1 N–H and O–H groups in total. The molecule has 0 radical (unpaired) electrons. The first kappa shape index (κ1) is 31.9. The maximum absolute atomic E-state index is 13.2. The number of aliphatic carboxylic acids is 1. The first-order valence-electron chi connectivity index (χ1n) is 10.8. The summed E-state index contributed by atoms with van der Waals surface area (Å²) in [5.41, 5.74) is 0.0387. The maximum Gasteiger partial charge on any atom is 0.416 e. The summed E-state index contributed by atoms with van der Waals surface area (Å²) in [5.74, 6) is 0.137. The summed E-state index contributed by atoms with van der Waals surface area (Å²) in [6, 6.07) is 3.45. The first-order valence-corrected chi connectivity index (χ1v) is 12.1. The van der Waals surface area contributed by atoms with Crippen LogP contribution in [0.1, 0.15) is 59.4 Å². The quantitative estimate of drug-likeness (QED) is 0.166. The summed E-state index contributed by atoms with van der Waals surface area (Å²) in [4.78, 5) is 32.5. The molecule has 2 heterocycles. The molecule has 33 heavy (non-hydrogen) atoms. The second kappa shape index (κ2) is 14.3. The molecule has 188 valence electrons. The van der Waals surface area contributed by atoms with Crippen LogP contribution in [0.2, 0.25) is 0 Å². The predicted molar refractivity (Wildman–Crippen MR) is 146 cm³/mol. The molecule has 1 aromatic heterocycles. The zero-order chi connectivity index (χ0) is 23.2. The topological polar surface area (TPSA) is 83.0 Å². The van der Waals surface area contributed by atoms with Gasteiger partial charge in [-0.25, -0.2) is 14.6 Å². The molecule has 1 saturated heterocycles. The average molecular weight is 616 g/mol. The molecule has 1 unspecified atom stereocenters. The molecule has 1 aliphatic rings. The predicted octanol–water partition coefficient (Wildman–Crippen LogP) is 6.04. The number of aromatic nitrogens is 1. The molecule has 0 aliphatic carbocycles. The molecule has 0 spiro atoms. The molecule has 2 atom stereocenters. The Kier molecular flexibility index (Phi) is 13.9. The van der Waals surface area contributed by atoms with E-state index in [1.54, 1.807) is 23.2 Å².